The second-order valence-electron chi connectivity index (χ2n) is 10.5. The number of benzene rings is 2. The Morgan fingerprint density at radius 3 is 2.56 bits per heavy atom. The molecule has 0 fully saturated rings. The Bertz CT molecular complexity index is 1630. The molecule has 43 heavy (non-hydrogen) atoms. The van der Waals surface area contributed by atoms with Gasteiger partial charge in [-0.1, -0.05) is 23.7 Å². The number of fused-ring (bicyclic) bond motifs is 1. The monoisotopic (exact) mass is 619 g/mol. The number of alkyl halides is 3. The minimum atomic E-state index is -4.47. The number of hydrogen-bond acceptors (Lipinski definition) is 5. The number of aromatic nitrogens is 3. The van der Waals surface area contributed by atoms with Gasteiger partial charge in [0.05, 0.1) is 22.2 Å². The molecule has 4 aromatic rings. The summed E-state index contributed by atoms with van der Waals surface area (Å²) in [6.45, 7) is 5.25. The van der Waals surface area contributed by atoms with Gasteiger partial charge in [0.1, 0.15) is 11.7 Å². The summed E-state index contributed by atoms with van der Waals surface area (Å²) >= 11 is 6.12. The Labute approximate surface area is 251 Å². The molecule has 0 saturated heterocycles. The largest absolute Gasteiger partial charge is 0.403 e. The van der Waals surface area contributed by atoms with Gasteiger partial charge in [-0.05, 0) is 87.5 Å². The number of nitrogens with one attached hydrogen (secondary N) is 4. The Balaban J connectivity index is 1.50. The molecule has 2 aromatic heterocycles. The molecule has 0 aliphatic carbocycles. The van der Waals surface area contributed by atoms with Gasteiger partial charge in [0, 0.05) is 29.7 Å². The maximum Gasteiger partial charge on any atom is 0.403 e. The summed E-state index contributed by atoms with van der Waals surface area (Å²) in [7, 11) is 0. The van der Waals surface area contributed by atoms with E-state index in [9.17, 15) is 18.0 Å². The number of amidine groups is 1. The summed E-state index contributed by atoms with van der Waals surface area (Å²) in [5.74, 6) is -0.255. The maximum absolute atomic E-state index is 15.1. The first-order chi connectivity index (χ1) is 20.3. The summed E-state index contributed by atoms with van der Waals surface area (Å²) < 4.78 is 54.7. The lowest BCUT2D eigenvalue weighted by molar-refractivity contribution is -0.149. The summed E-state index contributed by atoms with van der Waals surface area (Å²) in [6.07, 6.45) is -1.89. The molecule has 0 radical (unpaired) electrons. The minimum Gasteiger partial charge on any atom is -0.374 e. The van der Waals surface area contributed by atoms with Gasteiger partial charge >= 0.3 is 11.9 Å². The number of halogens is 5. The highest BCUT2D eigenvalue weighted by Crippen LogP contribution is 2.32. The van der Waals surface area contributed by atoms with E-state index in [0.717, 1.165) is 25.1 Å². The van der Waals surface area contributed by atoms with Crippen molar-refractivity contribution < 1.29 is 17.6 Å². The highest BCUT2D eigenvalue weighted by molar-refractivity contribution is 6.31. The first-order valence-electron chi connectivity index (χ1n) is 13.9. The van der Waals surface area contributed by atoms with Crippen LogP contribution in [0.1, 0.15) is 50.3 Å². The smallest absolute Gasteiger partial charge is 0.374 e. The Hall–Kier alpha value is -3.74. The van der Waals surface area contributed by atoms with Crippen molar-refractivity contribution in [3.8, 4) is 16.9 Å². The van der Waals surface area contributed by atoms with Crippen LogP contribution >= 0.6 is 11.6 Å². The van der Waals surface area contributed by atoms with Crippen molar-refractivity contribution in [2.75, 3.05) is 13.1 Å². The van der Waals surface area contributed by atoms with E-state index in [1.54, 1.807) is 19.2 Å². The number of rotatable bonds is 12. The molecule has 0 spiro atoms. The fraction of sp³-hybridized carbons (Fsp3) is 0.367. The predicted molar refractivity (Wildman–Crippen MR) is 162 cm³/mol. The van der Waals surface area contributed by atoms with Gasteiger partial charge in [-0.2, -0.15) is 18.2 Å². The Morgan fingerprint density at radius 2 is 1.88 bits per heavy atom. The van der Waals surface area contributed by atoms with E-state index in [-0.39, 0.29) is 41.5 Å². The van der Waals surface area contributed by atoms with Crippen molar-refractivity contribution in [3.05, 3.63) is 81.1 Å². The minimum absolute atomic E-state index is 0.0820. The SMILES string of the molecule is CC(=N)NCCCN[C@@H](C)c1ccc(-n2cc3cc(-c4cc(CCC[C@@H](N)C(F)(F)F)cc(Cl)c4F)[nH]c3nc2=O)cc1. The Kier molecular flexibility index (Phi) is 10.3. The average molecular weight is 620 g/mol. The normalized spacial score (nSPS) is 13.3. The zero-order valence-corrected chi connectivity index (χ0v) is 24.5. The molecule has 13 heteroatoms. The van der Waals surface area contributed by atoms with Gasteiger partial charge < -0.3 is 21.4 Å². The van der Waals surface area contributed by atoms with Gasteiger partial charge in [0.25, 0.3) is 0 Å². The second kappa shape index (κ2) is 13.7. The van der Waals surface area contributed by atoms with Crippen LogP contribution in [-0.4, -0.2) is 45.7 Å². The molecule has 0 aliphatic heterocycles. The van der Waals surface area contributed by atoms with E-state index in [1.807, 2.05) is 31.2 Å². The van der Waals surface area contributed by atoms with Gasteiger partial charge in [-0.3, -0.25) is 9.98 Å². The molecule has 0 saturated carbocycles. The molecule has 0 amide bonds. The van der Waals surface area contributed by atoms with E-state index in [0.29, 0.717) is 28.2 Å². The topological polar surface area (TPSA) is 125 Å². The molecule has 0 unspecified atom stereocenters. The third-order valence-electron chi connectivity index (χ3n) is 7.15. The Morgan fingerprint density at radius 1 is 1.16 bits per heavy atom. The molecule has 6 N–H and O–H groups in total. The van der Waals surface area contributed by atoms with Crippen LogP contribution in [0.5, 0.6) is 0 Å². The molecule has 2 aromatic carbocycles. The number of hydrogen-bond donors (Lipinski definition) is 5. The quantitative estimate of drug-likeness (QED) is 0.0575. The molecule has 8 nitrogen and oxygen atoms in total. The molecule has 0 aliphatic rings. The number of nitrogens with two attached hydrogens (primary N) is 1. The average Bonchev–Trinajstić information content (AvgIpc) is 3.36. The van der Waals surface area contributed by atoms with Crippen molar-refractivity contribution in [1.82, 2.24) is 25.2 Å². The highest BCUT2D eigenvalue weighted by Gasteiger charge is 2.35. The van der Waals surface area contributed by atoms with E-state index in [4.69, 9.17) is 22.7 Å². The maximum atomic E-state index is 15.1. The number of aryl methyl sites for hydroxylation is 1. The van der Waals surface area contributed by atoms with Crippen LogP contribution < -0.4 is 22.1 Å². The van der Waals surface area contributed by atoms with Crippen LogP contribution in [0.4, 0.5) is 17.6 Å². The standard InChI is InChI=1S/C30H34ClF4N7O/c1-17(38-11-4-12-39-18(2)36)20-7-9-22(10-8-20)42-16-21-15-25(40-28(21)41-29(42)43)23-13-19(14-24(31)27(23)32)5-3-6-26(37)30(33,34)35/h7-10,13-17,26,38H,3-6,11-12,37H2,1-2H3,(H2,36,39)(H,40,41,43)/t17-,26+/m0/s1. The van der Waals surface area contributed by atoms with Gasteiger partial charge in [-0.25, -0.2) is 9.18 Å². The molecular formula is C30H34ClF4N7O. The van der Waals surface area contributed by atoms with Crippen LogP contribution in [0.15, 0.2) is 53.5 Å². The van der Waals surface area contributed by atoms with Crippen LogP contribution in [0.2, 0.25) is 5.02 Å². The summed E-state index contributed by atoms with van der Waals surface area (Å²) in [5.41, 5.74) is 7.58. The molecule has 2 atom stereocenters. The van der Waals surface area contributed by atoms with Crippen LogP contribution in [0.25, 0.3) is 28.0 Å². The van der Waals surface area contributed by atoms with Gasteiger partial charge in [0.15, 0.2) is 5.82 Å². The lowest BCUT2D eigenvalue weighted by atomic mass is 10.0. The number of aromatic amines is 1. The second-order valence-corrected chi connectivity index (χ2v) is 10.9. The van der Waals surface area contributed by atoms with Crippen LogP contribution in [-0.2, 0) is 6.42 Å². The van der Waals surface area contributed by atoms with E-state index in [1.165, 1.54) is 16.7 Å². The lowest BCUT2D eigenvalue weighted by Gasteiger charge is -2.15. The van der Waals surface area contributed by atoms with E-state index < -0.39 is 23.7 Å². The number of nitrogens with zero attached hydrogens (tertiary/aromatic N) is 2. The predicted octanol–water partition coefficient (Wildman–Crippen LogP) is 6.01. The zero-order valence-electron chi connectivity index (χ0n) is 23.8. The van der Waals surface area contributed by atoms with Gasteiger partial charge in [-0.15, -0.1) is 0 Å². The fourth-order valence-corrected chi connectivity index (χ4v) is 4.97. The number of H-pyrrole nitrogens is 1. The van der Waals surface area contributed by atoms with E-state index >= 15 is 4.39 Å². The molecule has 0 bridgehead atoms. The van der Waals surface area contributed by atoms with Crippen molar-refractivity contribution in [2.24, 2.45) is 5.73 Å². The van der Waals surface area contributed by atoms with Gasteiger partial charge in [0.2, 0.25) is 0 Å². The highest BCUT2D eigenvalue weighted by atomic mass is 35.5. The van der Waals surface area contributed by atoms with Crippen molar-refractivity contribution in [2.45, 2.75) is 57.8 Å². The van der Waals surface area contributed by atoms with Crippen molar-refractivity contribution in [1.29, 1.82) is 5.41 Å². The van der Waals surface area contributed by atoms with Crippen molar-refractivity contribution in [3.63, 3.8) is 0 Å². The lowest BCUT2D eigenvalue weighted by Crippen LogP contribution is -2.37. The van der Waals surface area contributed by atoms with E-state index in [2.05, 4.69) is 20.6 Å². The summed E-state index contributed by atoms with van der Waals surface area (Å²) in [6, 6.07) is 10.2. The molecule has 230 valence electrons. The first kappa shape index (κ1) is 32.2. The third-order valence-corrected chi connectivity index (χ3v) is 7.43. The van der Waals surface area contributed by atoms with Crippen LogP contribution in [0, 0.1) is 11.2 Å². The fourth-order valence-electron chi connectivity index (χ4n) is 4.72. The molecule has 2 heterocycles. The summed E-state index contributed by atoms with van der Waals surface area (Å²) in [5, 5.41) is 14.2. The zero-order chi connectivity index (χ0) is 31.3. The molecular weight excluding hydrogens is 586 g/mol. The molecule has 4 rings (SSSR count). The first-order valence-corrected chi connectivity index (χ1v) is 14.3. The summed E-state index contributed by atoms with van der Waals surface area (Å²) in [4.78, 5) is 20.0. The van der Waals surface area contributed by atoms with Crippen LogP contribution in [0.3, 0.4) is 0 Å². The van der Waals surface area contributed by atoms with Crippen molar-refractivity contribution >= 4 is 28.5 Å². The third kappa shape index (κ3) is 8.21.